The number of halogens is 1. The molecule has 1 unspecified atom stereocenters. The topological polar surface area (TPSA) is 88.8 Å². The summed E-state index contributed by atoms with van der Waals surface area (Å²) in [6, 6.07) is 21.7. The molecular weight excluding hydrogens is 500 g/mol. The molecule has 2 aliphatic heterocycles. The van der Waals surface area contributed by atoms with Gasteiger partial charge in [0.25, 0.3) is 5.91 Å². The van der Waals surface area contributed by atoms with Crippen molar-refractivity contribution in [2.24, 2.45) is 0 Å². The summed E-state index contributed by atoms with van der Waals surface area (Å²) < 4.78 is 10.8. The molecule has 0 aliphatic carbocycles. The Labute approximate surface area is 215 Å². The molecule has 3 heterocycles. The third-order valence-electron chi connectivity index (χ3n) is 6.26. The molecule has 0 radical (unpaired) electrons. The summed E-state index contributed by atoms with van der Waals surface area (Å²) in [5.41, 5.74) is 2.83. The first kappa shape index (κ1) is 22.6. The highest BCUT2D eigenvalue weighted by Gasteiger charge is 2.61. The second-order valence-electron chi connectivity index (χ2n) is 8.29. The molecule has 8 nitrogen and oxygen atoms in total. The van der Waals surface area contributed by atoms with Crippen LogP contribution in [0.15, 0.2) is 77.3 Å². The first-order chi connectivity index (χ1) is 17.5. The van der Waals surface area contributed by atoms with Gasteiger partial charge in [0.2, 0.25) is 22.5 Å². The van der Waals surface area contributed by atoms with Gasteiger partial charge in [0.15, 0.2) is 0 Å². The molecule has 10 heteroatoms. The van der Waals surface area contributed by atoms with Crippen LogP contribution in [0.3, 0.4) is 0 Å². The smallest absolute Gasteiger partial charge is 0.269 e. The van der Waals surface area contributed by atoms with Gasteiger partial charge in [-0.25, -0.2) is 0 Å². The second kappa shape index (κ2) is 8.69. The number of fused-ring (bicyclic) bond motifs is 2. The minimum absolute atomic E-state index is 0.0728. The largest absolute Gasteiger partial charge is 0.497 e. The summed E-state index contributed by atoms with van der Waals surface area (Å²) in [5, 5.41) is 4.68. The first-order valence-corrected chi connectivity index (χ1v) is 12.5. The lowest BCUT2D eigenvalue weighted by Gasteiger charge is -2.33. The van der Waals surface area contributed by atoms with Crippen molar-refractivity contribution >= 4 is 46.6 Å². The molecule has 4 aromatic rings. The number of anilines is 2. The molecule has 2 aliphatic rings. The zero-order valence-corrected chi connectivity index (χ0v) is 20.6. The van der Waals surface area contributed by atoms with Gasteiger partial charge in [-0.2, -0.15) is 4.98 Å². The Balaban J connectivity index is 1.38. The Morgan fingerprint density at radius 1 is 1.06 bits per heavy atom. The van der Waals surface area contributed by atoms with E-state index in [1.54, 1.807) is 65.4 Å². The maximum absolute atomic E-state index is 14.1. The third kappa shape index (κ3) is 3.46. The average molecular weight is 519 g/mol. The third-order valence-corrected chi connectivity index (χ3v) is 7.90. The van der Waals surface area contributed by atoms with Gasteiger partial charge in [-0.1, -0.05) is 35.0 Å². The van der Waals surface area contributed by atoms with Gasteiger partial charge in [-0.15, -0.1) is 11.8 Å². The predicted molar refractivity (Wildman–Crippen MR) is 137 cm³/mol. The highest BCUT2D eigenvalue weighted by Crippen LogP contribution is 2.56. The zero-order valence-electron chi connectivity index (χ0n) is 19.1. The van der Waals surface area contributed by atoms with Crippen LogP contribution in [0.25, 0.3) is 11.4 Å². The number of amides is 2. The SMILES string of the molecule is COc1ccc(N2C(=O)CSC23C(=O)N(Cc2nc(-c4ccc(Cl)cc4)no2)c2ccccc23)cc1. The molecule has 1 spiro atoms. The number of ether oxygens (including phenoxy) is 1. The van der Waals surface area contributed by atoms with E-state index in [9.17, 15) is 9.59 Å². The maximum atomic E-state index is 14.1. The molecule has 180 valence electrons. The normalized spacial score (nSPS) is 18.8. The number of aromatic nitrogens is 2. The van der Waals surface area contributed by atoms with E-state index >= 15 is 0 Å². The Hall–Kier alpha value is -3.82. The number of rotatable bonds is 5. The Kier molecular flexibility index (Phi) is 5.46. The summed E-state index contributed by atoms with van der Waals surface area (Å²) in [6.45, 7) is 0.0728. The lowest BCUT2D eigenvalue weighted by Crippen LogP contribution is -2.49. The molecule has 2 amide bonds. The summed E-state index contributed by atoms with van der Waals surface area (Å²) in [7, 11) is 1.58. The van der Waals surface area contributed by atoms with Crippen molar-refractivity contribution in [1.82, 2.24) is 10.1 Å². The maximum Gasteiger partial charge on any atom is 0.269 e. The van der Waals surface area contributed by atoms with Gasteiger partial charge in [0.1, 0.15) is 12.3 Å². The van der Waals surface area contributed by atoms with E-state index in [1.165, 1.54) is 11.8 Å². The molecule has 1 aromatic heterocycles. The first-order valence-electron chi connectivity index (χ1n) is 11.1. The van der Waals surface area contributed by atoms with E-state index in [0.29, 0.717) is 28.0 Å². The number of hydrogen-bond acceptors (Lipinski definition) is 7. The van der Waals surface area contributed by atoms with E-state index < -0.39 is 4.87 Å². The fraction of sp³-hybridized carbons (Fsp3) is 0.154. The van der Waals surface area contributed by atoms with E-state index in [2.05, 4.69) is 10.1 Å². The van der Waals surface area contributed by atoms with Crippen LogP contribution in [0.1, 0.15) is 11.5 Å². The molecule has 1 fully saturated rings. The molecule has 0 N–H and O–H groups in total. The Morgan fingerprint density at radius 2 is 1.81 bits per heavy atom. The lowest BCUT2D eigenvalue weighted by molar-refractivity contribution is -0.123. The Bertz CT molecular complexity index is 1470. The van der Waals surface area contributed by atoms with E-state index in [4.69, 9.17) is 20.9 Å². The van der Waals surface area contributed by atoms with Crippen LogP contribution in [0, 0.1) is 0 Å². The highest BCUT2D eigenvalue weighted by molar-refractivity contribution is 8.02. The molecule has 3 aromatic carbocycles. The van der Waals surface area contributed by atoms with Crippen molar-refractivity contribution in [2.45, 2.75) is 11.4 Å². The van der Waals surface area contributed by atoms with Gasteiger partial charge in [0.05, 0.1) is 18.6 Å². The van der Waals surface area contributed by atoms with Crippen molar-refractivity contribution in [3.8, 4) is 17.1 Å². The Morgan fingerprint density at radius 3 is 2.56 bits per heavy atom. The lowest BCUT2D eigenvalue weighted by atomic mass is 10.0. The minimum Gasteiger partial charge on any atom is -0.497 e. The number of hydrogen-bond donors (Lipinski definition) is 0. The van der Waals surface area contributed by atoms with Gasteiger partial charge < -0.3 is 9.26 Å². The fourth-order valence-corrected chi connectivity index (χ4v) is 6.10. The number of methoxy groups -OCH3 is 1. The van der Waals surface area contributed by atoms with Crippen LogP contribution in [-0.4, -0.2) is 34.8 Å². The van der Waals surface area contributed by atoms with E-state index in [-0.39, 0.29) is 30.0 Å². The molecule has 0 bridgehead atoms. The van der Waals surface area contributed by atoms with Crippen LogP contribution in [0.2, 0.25) is 5.02 Å². The van der Waals surface area contributed by atoms with Crippen molar-refractivity contribution in [2.75, 3.05) is 22.7 Å². The molecule has 1 saturated heterocycles. The van der Waals surface area contributed by atoms with Crippen LogP contribution in [0.5, 0.6) is 5.75 Å². The fourth-order valence-electron chi connectivity index (χ4n) is 4.61. The number of benzene rings is 3. The van der Waals surface area contributed by atoms with Crippen molar-refractivity contribution in [3.63, 3.8) is 0 Å². The van der Waals surface area contributed by atoms with E-state index in [1.807, 2.05) is 24.3 Å². The van der Waals surface area contributed by atoms with Crippen LogP contribution >= 0.6 is 23.4 Å². The summed E-state index contributed by atoms with van der Waals surface area (Å²) in [5.74, 6) is 1.16. The molecule has 1 atom stereocenters. The molecular formula is C26H19ClN4O4S. The summed E-state index contributed by atoms with van der Waals surface area (Å²) in [6.07, 6.45) is 0. The van der Waals surface area contributed by atoms with Gasteiger partial charge in [0, 0.05) is 21.8 Å². The molecule has 0 saturated carbocycles. The average Bonchev–Trinajstić information content (AvgIpc) is 3.58. The van der Waals surface area contributed by atoms with Crippen LogP contribution in [0.4, 0.5) is 11.4 Å². The quantitative estimate of drug-likeness (QED) is 0.372. The monoisotopic (exact) mass is 518 g/mol. The number of nitrogens with zero attached hydrogens (tertiary/aromatic N) is 4. The summed E-state index contributed by atoms with van der Waals surface area (Å²) >= 11 is 7.29. The number of para-hydroxylation sites is 1. The van der Waals surface area contributed by atoms with Gasteiger partial charge in [-0.05, 0) is 54.6 Å². The number of carbonyl (C=O) groups is 2. The van der Waals surface area contributed by atoms with Gasteiger partial charge >= 0.3 is 0 Å². The standard InChI is InChI=1S/C26H19ClN4O4S/c1-34-19-12-10-18(11-13-19)31-23(32)15-36-26(31)20-4-2-3-5-21(20)30(25(26)33)14-22-28-24(29-35-22)16-6-8-17(27)9-7-16/h2-13H,14-15H2,1H3. The van der Waals surface area contributed by atoms with Crippen LogP contribution in [-0.2, 0) is 21.0 Å². The summed E-state index contributed by atoms with van der Waals surface area (Å²) in [4.78, 5) is 33.8. The minimum atomic E-state index is -1.22. The van der Waals surface area contributed by atoms with E-state index in [0.717, 1.165) is 11.1 Å². The van der Waals surface area contributed by atoms with Gasteiger partial charge in [-0.3, -0.25) is 19.4 Å². The highest BCUT2D eigenvalue weighted by atomic mass is 35.5. The van der Waals surface area contributed by atoms with Crippen molar-refractivity contribution in [1.29, 1.82) is 0 Å². The van der Waals surface area contributed by atoms with Crippen molar-refractivity contribution < 1.29 is 18.8 Å². The zero-order chi connectivity index (χ0) is 24.9. The molecule has 36 heavy (non-hydrogen) atoms. The predicted octanol–water partition coefficient (Wildman–Crippen LogP) is 4.88. The number of thioether (sulfide) groups is 1. The van der Waals surface area contributed by atoms with Crippen LogP contribution < -0.4 is 14.5 Å². The second-order valence-corrected chi connectivity index (χ2v) is 9.89. The van der Waals surface area contributed by atoms with Crippen molar-refractivity contribution in [3.05, 3.63) is 89.3 Å². The molecule has 6 rings (SSSR count). The number of carbonyl (C=O) groups excluding carboxylic acids is 2.